The quantitative estimate of drug-likeness (QED) is 0.596. The van der Waals surface area contributed by atoms with E-state index in [0.717, 1.165) is 5.57 Å². The van der Waals surface area contributed by atoms with E-state index in [1.165, 1.54) is 6.20 Å². The zero-order valence-corrected chi connectivity index (χ0v) is 6.47. The number of hydrogen-bond acceptors (Lipinski definition) is 2. The second kappa shape index (κ2) is 1.65. The summed E-state index contributed by atoms with van der Waals surface area (Å²) in [5.74, 6) is 0. The third-order valence-electron chi connectivity index (χ3n) is 2.51. The molecule has 2 aliphatic rings. The van der Waals surface area contributed by atoms with Gasteiger partial charge in [0.15, 0.2) is 0 Å². The van der Waals surface area contributed by atoms with Gasteiger partial charge in [-0.25, -0.2) is 4.39 Å². The third-order valence-corrected chi connectivity index (χ3v) is 2.51. The minimum absolute atomic E-state index is 0.308. The van der Waals surface area contributed by atoms with Crippen LogP contribution in [-0.4, -0.2) is 17.4 Å². The first-order valence-corrected chi connectivity index (χ1v) is 3.75. The summed E-state index contributed by atoms with van der Waals surface area (Å²) in [6.07, 6.45) is 4.38. The molecule has 11 heavy (non-hydrogen) atoms. The Labute approximate surface area is 65.0 Å². The third kappa shape index (κ3) is 0.800. The molecule has 2 saturated carbocycles. The van der Waals surface area contributed by atoms with Crippen LogP contribution in [0.4, 0.5) is 4.39 Å². The summed E-state index contributed by atoms with van der Waals surface area (Å²) in [6, 6.07) is 0. The SMILES string of the molecule is CC(C=NC12CC1(F)C2)=CN. The number of halogens is 1. The Morgan fingerprint density at radius 2 is 2.18 bits per heavy atom. The average molecular weight is 154 g/mol. The van der Waals surface area contributed by atoms with Crippen molar-refractivity contribution in [3.63, 3.8) is 0 Å². The zero-order valence-electron chi connectivity index (χ0n) is 6.47. The molecule has 0 unspecified atom stereocenters. The Morgan fingerprint density at radius 3 is 2.55 bits per heavy atom. The average Bonchev–Trinajstić information content (AvgIpc) is 2.69. The summed E-state index contributed by atoms with van der Waals surface area (Å²) >= 11 is 0. The van der Waals surface area contributed by atoms with Gasteiger partial charge in [0.1, 0.15) is 11.2 Å². The topological polar surface area (TPSA) is 38.4 Å². The maximum atomic E-state index is 12.9. The van der Waals surface area contributed by atoms with Gasteiger partial charge in [-0.05, 0) is 18.7 Å². The number of fused-ring (bicyclic) bond motifs is 1. The van der Waals surface area contributed by atoms with E-state index in [1.54, 1.807) is 6.21 Å². The van der Waals surface area contributed by atoms with Crippen molar-refractivity contribution in [1.29, 1.82) is 0 Å². The van der Waals surface area contributed by atoms with Crippen LogP contribution in [0.15, 0.2) is 16.8 Å². The molecule has 0 aliphatic heterocycles. The minimum Gasteiger partial charge on any atom is -0.404 e. The van der Waals surface area contributed by atoms with Gasteiger partial charge in [0.2, 0.25) is 0 Å². The first-order valence-electron chi connectivity index (χ1n) is 3.75. The molecule has 0 spiro atoms. The molecular formula is C8H11FN2. The normalized spacial score (nSPS) is 47.6. The highest BCUT2D eigenvalue weighted by Crippen LogP contribution is 2.76. The summed E-state index contributed by atoms with van der Waals surface area (Å²) in [6.45, 7) is 1.85. The largest absolute Gasteiger partial charge is 0.404 e. The maximum Gasteiger partial charge on any atom is 0.141 e. The highest BCUT2D eigenvalue weighted by atomic mass is 19.1. The van der Waals surface area contributed by atoms with Crippen LogP contribution in [0.1, 0.15) is 19.8 Å². The van der Waals surface area contributed by atoms with Crippen molar-refractivity contribution >= 4 is 6.21 Å². The molecule has 0 heterocycles. The molecule has 0 aromatic carbocycles. The first kappa shape index (κ1) is 6.83. The van der Waals surface area contributed by atoms with Gasteiger partial charge in [0.05, 0.1) is 0 Å². The molecule has 2 aliphatic carbocycles. The van der Waals surface area contributed by atoms with Crippen LogP contribution in [0, 0.1) is 0 Å². The van der Waals surface area contributed by atoms with Crippen LogP contribution >= 0.6 is 0 Å². The van der Waals surface area contributed by atoms with E-state index < -0.39 is 5.67 Å². The fourth-order valence-corrected chi connectivity index (χ4v) is 1.26. The fraction of sp³-hybridized carbons (Fsp3) is 0.625. The van der Waals surface area contributed by atoms with Gasteiger partial charge in [0.25, 0.3) is 0 Å². The second-order valence-corrected chi connectivity index (χ2v) is 3.52. The summed E-state index contributed by atoms with van der Waals surface area (Å²) in [5.41, 5.74) is 4.88. The lowest BCUT2D eigenvalue weighted by molar-refractivity contribution is 0.390. The number of nitrogens with two attached hydrogens (primary N) is 1. The Kier molecular flexibility index (Phi) is 1.03. The van der Waals surface area contributed by atoms with Crippen molar-refractivity contribution in [3.8, 4) is 0 Å². The van der Waals surface area contributed by atoms with E-state index in [4.69, 9.17) is 5.73 Å². The molecule has 3 heteroatoms. The number of allylic oxidation sites excluding steroid dienone is 1. The van der Waals surface area contributed by atoms with Crippen molar-refractivity contribution in [2.45, 2.75) is 31.0 Å². The number of hydrogen-bond donors (Lipinski definition) is 1. The molecule has 0 amide bonds. The summed E-state index contributed by atoms with van der Waals surface area (Å²) in [7, 11) is 0. The number of nitrogens with zero attached hydrogens (tertiary/aromatic N) is 1. The molecule has 0 saturated heterocycles. The van der Waals surface area contributed by atoms with Gasteiger partial charge >= 0.3 is 0 Å². The van der Waals surface area contributed by atoms with Crippen LogP contribution < -0.4 is 5.73 Å². The molecule has 2 N–H and O–H groups in total. The van der Waals surface area contributed by atoms with Gasteiger partial charge < -0.3 is 5.73 Å². The van der Waals surface area contributed by atoms with Gasteiger partial charge in [-0.2, -0.15) is 0 Å². The smallest absolute Gasteiger partial charge is 0.141 e. The highest BCUT2D eigenvalue weighted by Gasteiger charge is 2.86. The van der Waals surface area contributed by atoms with Crippen LogP contribution in [0.2, 0.25) is 0 Å². The Bertz CT molecular complexity index is 249. The summed E-state index contributed by atoms with van der Waals surface area (Å²) in [4.78, 5) is 4.14. The van der Waals surface area contributed by atoms with Gasteiger partial charge in [0, 0.05) is 19.1 Å². The van der Waals surface area contributed by atoms with Gasteiger partial charge in [-0.3, -0.25) is 4.99 Å². The zero-order chi connectivity index (χ0) is 8.11. The summed E-state index contributed by atoms with van der Waals surface area (Å²) < 4.78 is 12.9. The van der Waals surface area contributed by atoms with Crippen LogP contribution in [0.25, 0.3) is 0 Å². The van der Waals surface area contributed by atoms with E-state index in [2.05, 4.69) is 4.99 Å². The molecule has 60 valence electrons. The Morgan fingerprint density at radius 1 is 1.64 bits per heavy atom. The number of aliphatic imine (C=N–C) groups is 1. The molecule has 0 radical (unpaired) electrons. The standard InChI is InChI=1S/C8H11FN2/c1-6(2-10)3-11-8-4-7(8,9)5-8/h2-3H,4-5,10H2,1H3. The Hall–Kier alpha value is -0.860. The van der Waals surface area contributed by atoms with Crippen molar-refractivity contribution in [2.75, 3.05) is 0 Å². The van der Waals surface area contributed by atoms with E-state index >= 15 is 0 Å². The molecule has 2 rings (SSSR count). The predicted molar refractivity (Wildman–Crippen MR) is 42.2 cm³/mol. The Balaban J connectivity index is 1.98. The van der Waals surface area contributed by atoms with E-state index in [0.29, 0.717) is 12.8 Å². The van der Waals surface area contributed by atoms with Crippen molar-refractivity contribution in [1.82, 2.24) is 0 Å². The van der Waals surface area contributed by atoms with E-state index in [9.17, 15) is 4.39 Å². The molecule has 0 aromatic rings. The highest BCUT2D eigenvalue weighted by molar-refractivity contribution is 5.79. The van der Waals surface area contributed by atoms with Crippen molar-refractivity contribution < 1.29 is 4.39 Å². The molecule has 0 bridgehead atoms. The lowest BCUT2D eigenvalue weighted by Gasteiger charge is -1.90. The predicted octanol–water partition coefficient (Wildman–Crippen LogP) is 1.17. The van der Waals surface area contributed by atoms with Crippen LogP contribution in [0.3, 0.4) is 0 Å². The van der Waals surface area contributed by atoms with Gasteiger partial charge in [-0.15, -0.1) is 0 Å². The summed E-state index contributed by atoms with van der Waals surface area (Å²) in [5, 5.41) is 0. The number of rotatable bonds is 2. The van der Waals surface area contributed by atoms with E-state index in [1.807, 2.05) is 6.92 Å². The molecule has 2 nitrogen and oxygen atoms in total. The van der Waals surface area contributed by atoms with Crippen LogP contribution in [0.5, 0.6) is 0 Å². The lowest BCUT2D eigenvalue weighted by Crippen LogP contribution is -1.91. The monoisotopic (exact) mass is 154 g/mol. The number of alkyl halides is 1. The van der Waals surface area contributed by atoms with Crippen molar-refractivity contribution in [3.05, 3.63) is 11.8 Å². The molecule has 0 atom stereocenters. The molecule has 0 aromatic heterocycles. The van der Waals surface area contributed by atoms with Gasteiger partial charge in [-0.1, -0.05) is 0 Å². The van der Waals surface area contributed by atoms with E-state index in [-0.39, 0.29) is 5.54 Å². The first-order chi connectivity index (χ1) is 5.12. The second-order valence-electron chi connectivity index (χ2n) is 3.52. The van der Waals surface area contributed by atoms with Crippen LogP contribution in [-0.2, 0) is 0 Å². The lowest BCUT2D eigenvalue weighted by atomic mass is 10.3. The maximum absolute atomic E-state index is 12.9. The minimum atomic E-state index is -0.918. The fourth-order valence-electron chi connectivity index (χ4n) is 1.26. The molecular weight excluding hydrogens is 143 g/mol. The molecule has 2 fully saturated rings. The van der Waals surface area contributed by atoms with Crippen molar-refractivity contribution in [2.24, 2.45) is 10.7 Å².